The van der Waals surface area contributed by atoms with E-state index in [2.05, 4.69) is 23.6 Å². The van der Waals surface area contributed by atoms with Crippen molar-refractivity contribution in [2.24, 2.45) is 0 Å². The molecule has 1 fully saturated rings. The van der Waals surface area contributed by atoms with Gasteiger partial charge in [0.25, 0.3) is 0 Å². The van der Waals surface area contributed by atoms with E-state index in [9.17, 15) is 0 Å². The first kappa shape index (κ1) is 31.9. The Morgan fingerprint density at radius 1 is 0.294 bits per heavy atom. The molecule has 0 aromatic heterocycles. The van der Waals surface area contributed by atoms with Crippen LogP contribution in [0.2, 0.25) is 0 Å². The molecule has 0 spiro atoms. The second-order valence-electron chi connectivity index (χ2n) is 11.5. The van der Waals surface area contributed by atoms with Crippen LogP contribution in [0.3, 0.4) is 0 Å². The molecule has 0 N–H and O–H groups in total. The molecule has 0 saturated carbocycles. The minimum Gasteiger partial charge on any atom is -0.301 e. The van der Waals surface area contributed by atoms with E-state index in [4.69, 9.17) is 0 Å². The first-order valence-corrected chi connectivity index (χ1v) is 16.3. The number of rotatable bonds is 26. The molecule has 0 bridgehead atoms. The monoisotopic (exact) mass is 479 g/mol. The molecule has 204 valence electrons. The first-order chi connectivity index (χ1) is 16.9. The normalized spacial score (nSPS) is 15.4. The molecular weight excluding hydrogens is 412 g/mol. The number of unbranched alkanes of at least 4 members (excludes halogenated alkanes) is 22. The highest BCUT2D eigenvalue weighted by Gasteiger charge is 2.15. The lowest BCUT2D eigenvalue weighted by Gasteiger charge is -2.34. The van der Waals surface area contributed by atoms with Crippen LogP contribution in [0.25, 0.3) is 0 Å². The highest BCUT2D eigenvalue weighted by molar-refractivity contribution is 4.72. The molecule has 34 heavy (non-hydrogen) atoms. The van der Waals surface area contributed by atoms with E-state index in [-0.39, 0.29) is 0 Å². The highest BCUT2D eigenvalue weighted by Crippen LogP contribution is 2.14. The Kier molecular flexibility index (Phi) is 24.4. The van der Waals surface area contributed by atoms with Crippen molar-refractivity contribution in [1.29, 1.82) is 0 Å². The maximum atomic E-state index is 2.73. The summed E-state index contributed by atoms with van der Waals surface area (Å²) in [4.78, 5) is 5.46. The molecule has 1 saturated heterocycles. The maximum Gasteiger partial charge on any atom is 0.0110 e. The third-order valence-electron chi connectivity index (χ3n) is 8.12. The Morgan fingerprint density at radius 2 is 0.500 bits per heavy atom. The molecule has 1 heterocycles. The van der Waals surface area contributed by atoms with Crippen LogP contribution >= 0.6 is 0 Å². The van der Waals surface area contributed by atoms with Crippen LogP contribution in [0.4, 0.5) is 0 Å². The molecule has 0 aromatic carbocycles. The summed E-state index contributed by atoms with van der Waals surface area (Å²) >= 11 is 0. The zero-order chi connectivity index (χ0) is 24.4. The zero-order valence-corrected chi connectivity index (χ0v) is 24.1. The van der Waals surface area contributed by atoms with Crippen LogP contribution in [-0.2, 0) is 0 Å². The molecule has 1 aliphatic rings. The van der Waals surface area contributed by atoms with Gasteiger partial charge in [-0.05, 0) is 25.9 Å². The first-order valence-electron chi connectivity index (χ1n) is 16.3. The van der Waals surface area contributed by atoms with Crippen molar-refractivity contribution in [3.63, 3.8) is 0 Å². The number of nitrogens with zero attached hydrogens (tertiary/aromatic N) is 2. The third kappa shape index (κ3) is 21.2. The molecular formula is C32H66N2. The van der Waals surface area contributed by atoms with E-state index in [1.54, 1.807) is 0 Å². The largest absolute Gasteiger partial charge is 0.301 e. The molecule has 2 nitrogen and oxygen atoms in total. The predicted octanol–water partition coefficient (Wildman–Crippen LogP) is 10.0. The number of piperazine rings is 1. The third-order valence-corrected chi connectivity index (χ3v) is 8.12. The Bertz CT molecular complexity index is 339. The van der Waals surface area contributed by atoms with Crippen LogP contribution in [0.15, 0.2) is 0 Å². The lowest BCUT2D eigenvalue weighted by atomic mass is 10.0. The fourth-order valence-corrected chi connectivity index (χ4v) is 5.59. The number of hydrogen-bond donors (Lipinski definition) is 0. The zero-order valence-electron chi connectivity index (χ0n) is 24.1. The van der Waals surface area contributed by atoms with Crippen molar-refractivity contribution in [1.82, 2.24) is 9.80 Å². The van der Waals surface area contributed by atoms with E-state index in [0.29, 0.717) is 0 Å². The predicted molar refractivity (Wildman–Crippen MR) is 155 cm³/mol. The summed E-state index contributed by atoms with van der Waals surface area (Å²) in [6, 6.07) is 0. The van der Waals surface area contributed by atoms with Gasteiger partial charge in [-0.25, -0.2) is 0 Å². The summed E-state index contributed by atoms with van der Waals surface area (Å²) in [7, 11) is 0. The maximum absolute atomic E-state index is 2.73. The Hall–Kier alpha value is -0.0800. The fourth-order valence-electron chi connectivity index (χ4n) is 5.59. The van der Waals surface area contributed by atoms with Crippen molar-refractivity contribution < 1.29 is 0 Å². The minimum absolute atomic E-state index is 1.32. The van der Waals surface area contributed by atoms with Crippen molar-refractivity contribution >= 4 is 0 Å². The van der Waals surface area contributed by atoms with Gasteiger partial charge in [0.2, 0.25) is 0 Å². The van der Waals surface area contributed by atoms with E-state index >= 15 is 0 Å². The van der Waals surface area contributed by atoms with Gasteiger partial charge in [-0.3, -0.25) is 0 Å². The molecule has 0 amide bonds. The highest BCUT2D eigenvalue weighted by atomic mass is 15.3. The lowest BCUT2D eigenvalue weighted by molar-refractivity contribution is 0.129. The lowest BCUT2D eigenvalue weighted by Crippen LogP contribution is -2.46. The van der Waals surface area contributed by atoms with Crippen LogP contribution in [0, 0.1) is 0 Å². The summed E-state index contributed by atoms with van der Waals surface area (Å²) in [6.45, 7) is 12.6. The average Bonchev–Trinajstić information content (AvgIpc) is 2.86. The molecule has 0 atom stereocenters. The number of hydrogen-bond acceptors (Lipinski definition) is 2. The van der Waals surface area contributed by atoms with Crippen molar-refractivity contribution in [2.75, 3.05) is 39.3 Å². The van der Waals surface area contributed by atoms with Gasteiger partial charge < -0.3 is 9.80 Å². The van der Waals surface area contributed by atoms with E-state index in [1.165, 1.54) is 193 Å². The molecule has 0 unspecified atom stereocenters. The van der Waals surface area contributed by atoms with E-state index in [0.717, 1.165) is 0 Å². The van der Waals surface area contributed by atoms with Crippen LogP contribution in [-0.4, -0.2) is 49.1 Å². The van der Waals surface area contributed by atoms with Crippen molar-refractivity contribution in [3.8, 4) is 0 Å². The second kappa shape index (κ2) is 26.0. The van der Waals surface area contributed by atoms with Crippen LogP contribution in [0.1, 0.15) is 168 Å². The van der Waals surface area contributed by atoms with Gasteiger partial charge in [0.05, 0.1) is 0 Å². The minimum atomic E-state index is 1.32. The Morgan fingerprint density at radius 3 is 0.735 bits per heavy atom. The topological polar surface area (TPSA) is 6.48 Å². The fraction of sp³-hybridized carbons (Fsp3) is 1.00. The van der Waals surface area contributed by atoms with Gasteiger partial charge in [-0.1, -0.05) is 155 Å². The average molecular weight is 479 g/mol. The van der Waals surface area contributed by atoms with Crippen molar-refractivity contribution in [2.45, 2.75) is 168 Å². The Labute approximate surface area is 217 Å². The van der Waals surface area contributed by atoms with Gasteiger partial charge in [0.1, 0.15) is 0 Å². The quantitative estimate of drug-likeness (QED) is 0.114. The van der Waals surface area contributed by atoms with E-state index < -0.39 is 0 Å². The molecule has 1 rings (SSSR count). The molecule has 2 heteroatoms. The van der Waals surface area contributed by atoms with E-state index in [1.807, 2.05) is 0 Å². The van der Waals surface area contributed by atoms with Crippen molar-refractivity contribution in [3.05, 3.63) is 0 Å². The molecule has 0 aliphatic carbocycles. The van der Waals surface area contributed by atoms with Gasteiger partial charge in [-0.15, -0.1) is 0 Å². The molecule has 0 radical (unpaired) electrons. The van der Waals surface area contributed by atoms with Gasteiger partial charge >= 0.3 is 0 Å². The second-order valence-corrected chi connectivity index (χ2v) is 11.5. The van der Waals surface area contributed by atoms with Gasteiger partial charge in [-0.2, -0.15) is 0 Å². The SMILES string of the molecule is CCCCCCCCCCCCCCN1CCN(CCCCCCCCCCCCCC)CC1. The summed E-state index contributed by atoms with van der Waals surface area (Å²) in [5.41, 5.74) is 0. The summed E-state index contributed by atoms with van der Waals surface area (Å²) in [6.07, 6.45) is 35.0. The van der Waals surface area contributed by atoms with Gasteiger partial charge in [0.15, 0.2) is 0 Å². The summed E-state index contributed by atoms with van der Waals surface area (Å²) in [5, 5.41) is 0. The molecule has 0 aromatic rings. The smallest absolute Gasteiger partial charge is 0.0110 e. The Balaban J connectivity index is 1.77. The molecule has 1 aliphatic heterocycles. The van der Waals surface area contributed by atoms with Gasteiger partial charge in [0, 0.05) is 26.2 Å². The standard InChI is InChI=1S/C32H66N2/c1-3-5-7-9-11-13-15-17-19-21-23-25-27-33-29-31-34(32-30-33)28-26-24-22-20-18-16-14-12-10-8-6-4-2/h3-32H2,1-2H3. The van der Waals surface area contributed by atoms with Crippen LogP contribution in [0.5, 0.6) is 0 Å². The van der Waals surface area contributed by atoms with Crippen LogP contribution < -0.4 is 0 Å². The summed E-state index contributed by atoms with van der Waals surface area (Å²) in [5.74, 6) is 0. The summed E-state index contributed by atoms with van der Waals surface area (Å²) < 4.78 is 0.